The number of piperidine rings is 1. The number of nitrogens with two attached hydrogens (primary N) is 2. The van der Waals surface area contributed by atoms with Crippen molar-refractivity contribution in [1.82, 2.24) is 20.5 Å². The Hall–Kier alpha value is -2.41. The lowest BCUT2D eigenvalue weighted by Gasteiger charge is -2.40. The lowest BCUT2D eigenvalue weighted by atomic mass is 9.93. The molecule has 10 nitrogen and oxygen atoms in total. The van der Waals surface area contributed by atoms with Gasteiger partial charge in [0.25, 0.3) is 0 Å². The van der Waals surface area contributed by atoms with E-state index in [0.29, 0.717) is 31.6 Å². The average molecular weight is 467 g/mol. The predicted molar refractivity (Wildman–Crippen MR) is 120 cm³/mol. The summed E-state index contributed by atoms with van der Waals surface area (Å²) >= 11 is 0. The molecule has 0 bridgehead atoms. The third-order valence-corrected chi connectivity index (χ3v) is 6.58. The number of anilines is 2. The first-order valence-corrected chi connectivity index (χ1v) is 11.4. The number of hydrogen-bond donors (Lipinski definition) is 5. The van der Waals surface area contributed by atoms with Crippen LogP contribution in [0.2, 0.25) is 0 Å². The van der Waals surface area contributed by atoms with Gasteiger partial charge in [0.2, 0.25) is 11.8 Å². The molecule has 1 atom stereocenters. The zero-order chi connectivity index (χ0) is 23.5. The third-order valence-electron chi connectivity index (χ3n) is 6.58. The lowest BCUT2D eigenvalue weighted by Crippen LogP contribution is -2.64. The molecule has 1 unspecified atom stereocenters. The van der Waals surface area contributed by atoms with Crippen molar-refractivity contribution in [3.8, 4) is 0 Å². The number of rotatable bonds is 6. The number of pyridine rings is 1. The Morgan fingerprint density at radius 3 is 2.39 bits per heavy atom. The Morgan fingerprint density at radius 1 is 1.12 bits per heavy atom. The first-order valence-electron chi connectivity index (χ1n) is 11.4. The number of amides is 2. The highest BCUT2D eigenvalue weighted by Gasteiger charge is 2.37. The van der Waals surface area contributed by atoms with Crippen molar-refractivity contribution in [2.24, 2.45) is 23.3 Å². The number of nitrogens with one attached hydrogen (secondary N) is 3. The number of alkyl halides is 2. The summed E-state index contributed by atoms with van der Waals surface area (Å²) in [4.78, 5) is 33.4. The van der Waals surface area contributed by atoms with Crippen molar-refractivity contribution in [1.29, 1.82) is 0 Å². The van der Waals surface area contributed by atoms with Crippen molar-refractivity contribution in [3.05, 3.63) is 18.5 Å². The molecule has 7 N–H and O–H groups in total. The molecular formula is C21H32F2N8O2. The molecule has 0 spiro atoms. The highest BCUT2D eigenvalue weighted by Crippen LogP contribution is 2.31. The van der Waals surface area contributed by atoms with Gasteiger partial charge < -0.3 is 26.6 Å². The van der Waals surface area contributed by atoms with Crippen LogP contribution in [-0.2, 0) is 9.59 Å². The van der Waals surface area contributed by atoms with E-state index in [2.05, 4.69) is 25.8 Å². The fourth-order valence-electron chi connectivity index (χ4n) is 4.66. The molecule has 4 rings (SSSR count). The molecular weight excluding hydrogens is 434 g/mol. The molecule has 3 fully saturated rings. The van der Waals surface area contributed by atoms with Gasteiger partial charge in [-0.05, 0) is 18.9 Å². The Bertz CT molecular complexity index is 837. The molecule has 4 heterocycles. The number of hydrogen-bond acceptors (Lipinski definition) is 8. The summed E-state index contributed by atoms with van der Waals surface area (Å²) in [5, 5.41) is 8.76. The molecule has 1 aromatic heterocycles. The molecule has 1 aromatic rings. The largest absolute Gasteiger partial charge is 0.370 e. The van der Waals surface area contributed by atoms with Gasteiger partial charge in [-0.3, -0.25) is 25.2 Å². The van der Waals surface area contributed by atoms with E-state index in [4.69, 9.17) is 11.5 Å². The van der Waals surface area contributed by atoms with Gasteiger partial charge in [0.15, 0.2) is 0 Å². The maximum atomic E-state index is 13.4. The monoisotopic (exact) mass is 466 g/mol. The SMILES string of the molecule is NC(N)C(C(=O)Nc1cnccc1N1CCC(C(=O)N2CC(F)C2)CC1)C1NCC(F)CN1. The normalized spacial score (nSPS) is 25.6. The van der Waals surface area contributed by atoms with Gasteiger partial charge in [-0.25, -0.2) is 8.78 Å². The minimum Gasteiger partial charge on any atom is -0.370 e. The second kappa shape index (κ2) is 10.2. The van der Waals surface area contributed by atoms with Crippen molar-refractivity contribution in [2.75, 3.05) is 49.5 Å². The van der Waals surface area contributed by atoms with E-state index in [1.165, 1.54) is 0 Å². The summed E-state index contributed by atoms with van der Waals surface area (Å²) in [6, 6.07) is 1.81. The van der Waals surface area contributed by atoms with Crippen LogP contribution in [0.4, 0.5) is 20.2 Å². The topological polar surface area (TPSA) is 142 Å². The highest BCUT2D eigenvalue weighted by molar-refractivity contribution is 5.96. The summed E-state index contributed by atoms with van der Waals surface area (Å²) in [6.07, 6.45) is 1.05. The van der Waals surface area contributed by atoms with Gasteiger partial charge in [0.05, 0.1) is 48.9 Å². The Kier molecular flexibility index (Phi) is 7.37. The molecule has 12 heteroatoms. The molecule has 33 heavy (non-hydrogen) atoms. The van der Waals surface area contributed by atoms with Crippen molar-refractivity contribution >= 4 is 23.2 Å². The molecule has 3 aliphatic rings. The van der Waals surface area contributed by atoms with E-state index in [0.717, 1.165) is 5.69 Å². The van der Waals surface area contributed by atoms with E-state index in [-0.39, 0.29) is 38.0 Å². The molecule has 3 aliphatic heterocycles. The number of carbonyl (C=O) groups excluding carboxylic acids is 2. The van der Waals surface area contributed by atoms with Crippen LogP contribution in [0.5, 0.6) is 0 Å². The van der Waals surface area contributed by atoms with Gasteiger partial charge in [-0.1, -0.05) is 0 Å². The molecule has 2 amide bonds. The standard InChI is InChI=1S/C21H32F2N8O2/c22-13-7-27-19(28-8-13)17(18(24)25)20(32)29-15-9-26-4-1-16(15)30-5-2-12(3-6-30)21(33)31-10-14(23)11-31/h1,4,9,12-14,17-19,27-28H,2-3,5-8,10-11,24-25H2,(H,29,32). The van der Waals surface area contributed by atoms with E-state index in [9.17, 15) is 18.4 Å². The van der Waals surface area contributed by atoms with E-state index in [1.54, 1.807) is 17.3 Å². The van der Waals surface area contributed by atoms with Crippen LogP contribution in [0.1, 0.15) is 12.8 Å². The number of aromatic nitrogens is 1. The summed E-state index contributed by atoms with van der Waals surface area (Å²) in [5.41, 5.74) is 13.1. The van der Waals surface area contributed by atoms with E-state index >= 15 is 0 Å². The fourth-order valence-corrected chi connectivity index (χ4v) is 4.66. The van der Waals surface area contributed by atoms with Crippen LogP contribution in [-0.4, -0.2) is 85.6 Å². The van der Waals surface area contributed by atoms with Crippen LogP contribution >= 0.6 is 0 Å². The number of carbonyl (C=O) groups is 2. The first kappa shape index (κ1) is 23.7. The zero-order valence-corrected chi connectivity index (χ0v) is 18.4. The number of nitrogens with zero attached hydrogens (tertiary/aromatic N) is 3. The van der Waals surface area contributed by atoms with Gasteiger partial charge in [-0.15, -0.1) is 0 Å². The zero-order valence-electron chi connectivity index (χ0n) is 18.4. The lowest BCUT2D eigenvalue weighted by molar-refractivity contribution is -0.143. The average Bonchev–Trinajstić information content (AvgIpc) is 2.78. The van der Waals surface area contributed by atoms with Crippen LogP contribution in [0, 0.1) is 11.8 Å². The smallest absolute Gasteiger partial charge is 0.233 e. The first-order chi connectivity index (χ1) is 15.8. The summed E-state index contributed by atoms with van der Waals surface area (Å²) in [6.45, 7) is 1.87. The number of halogens is 2. The van der Waals surface area contributed by atoms with Gasteiger partial charge in [0.1, 0.15) is 12.3 Å². The van der Waals surface area contributed by atoms with Gasteiger partial charge in [0, 0.05) is 38.3 Å². The molecule has 0 saturated carbocycles. The maximum absolute atomic E-state index is 13.4. The maximum Gasteiger partial charge on any atom is 0.233 e. The molecule has 0 aliphatic carbocycles. The van der Waals surface area contributed by atoms with E-state index in [1.807, 2.05) is 6.07 Å². The minimum absolute atomic E-state index is 0.0228. The highest BCUT2D eigenvalue weighted by atomic mass is 19.1. The summed E-state index contributed by atoms with van der Waals surface area (Å²) in [7, 11) is 0. The van der Waals surface area contributed by atoms with Crippen LogP contribution in [0.3, 0.4) is 0 Å². The molecule has 0 aromatic carbocycles. The number of likely N-dealkylation sites (tertiary alicyclic amines) is 1. The Labute approximate surface area is 191 Å². The molecule has 3 saturated heterocycles. The summed E-state index contributed by atoms with van der Waals surface area (Å²) in [5.74, 6) is -1.32. The second-order valence-electron chi connectivity index (χ2n) is 8.98. The van der Waals surface area contributed by atoms with E-state index < -0.39 is 36.5 Å². The minimum atomic E-state index is -1.04. The third kappa shape index (κ3) is 5.40. The van der Waals surface area contributed by atoms with Crippen molar-refractivity contribution < 1.29 is 18.4 Å². The predicted octanol–water partition coefficient (Wildman–Crippen LogP) is -0.866. The Morgan fingerprint density at radius 2 is 1.79 bits per heavy atom. The molecule has 182 valence electrons. The second-order valence-corrected chi connectivity index (χ2v) is 8.98. The fraction of sp³-hybridized carbons (Fsp3) is 0.667. The van der Waals surface area contributed by atoms with Gasteiger partial charge >= 0.3 is 0 Å². The summed E-state index contributed by atoms with van der Waals surface area (Å²) < 4.78 is 26.5. The van der Waals surface area contributed by atoms with Crippen molar-refractivity contribution in [3.63, 3.8) is 0 Å². The quantitative estimate of drug-likeness (QED) is 0.341. The van der Waals surface area contributed by atoms with Crippen LogP contribution < -0.4 is 32.3 Å². The van der Waals surface area contributed by atoms with Crippen molar-refractivity contribution in [2.45, 2.75) is 37.5 Å². The van der Waals surface area contributed by atoms with Crippen LogP contribution in [0.25, 0.3) is 0 Å². The van der Waals surface area contributed by atoms with Gasteiger partial charge in [-0.2, -0.15) is 0 Å². The Balaban J connectivity index is 1.39. The molecule has 0 radical (unpaired) electrons. The van der Waals surface area contributed by atoms with Crippen LogP contribution in [0.15, 0.2) is 18.5 Å².